The van der Waals surface area contributed by atoms with Gasteiger partial charge in [0.15, 0.2) is 6.61 Å². The molecule has 1 amide bonds. The van der Waals surface area contributed by atoms with Gasteiger partial charge < -0.3 is 19.5 Å². The van der Waals surface area contributed by atoms with E-state index >= 15 is 0 Å². The molecule has 2 aromatic rings. The Balaban J connectivity index is 1.64. The van der Waals surface area contributed by atoms with Crippen LogP contribution in [-0.4, -0.2) is 25.6 Å². The van der Waals surface area contributed by atoms with Gasteiger partial charge in [-0.05, 0) is 29.8 Å². The van der Waals surface area contributed by atoms with Crippen LogP contribution in [0.4, 0.5) is 5.69 Å². The molecule has 6 nitrogen and oxygen atoms in total. The first-order valence-electron chi connectivity index (χ1n) is 7.04. The van der Waals surface area contributed by atoms with Crippen molar-refractivity contribution in [2.75, 3.05) is 19.0 Å². The van der Waals surface area contributed by atoms with Gasteiger partial charge in [0.05, 0.1) is 19.2 Å². The number of hydrogen-bond donors (Lipinski definition) is 1. The zero-order valence-corrected chi connectivity index (χ0v) is 12.5. The number of methoxy groups -OCH3 is 1. The predicted molar refractivity (Wildman–Crippen MR) is 82.9 cm³/mol. The first-order chi connectivity index (χ1) is 11.1. The van der Waals surface area contributed by atoms with Crippen molar-refractivity contribution in [3.8, 4) is 17.2 Å². The third kappa shape index (κ3) is 3.60. The van der Waals surface area contributed by atoms with Gasteiger partial charge in [-0.1, -0.05) is 12.1 Å². The number of hydrogen-bond acceptors (Lipinski definition) is 5. The first kappa shape index (κ1) is 14.9. The summed E-state index contributed by atoms with van der Waals surface area (Å²) in [6, 6.07) is 12.0. The highest BCUT2D eigenvalue weighted by molar-refractivity contribution is 5.95. The molecule has 1 aliphatic heterocycles. The highest BCUT2D eigenvalue weighted by atomic mass is 16.5. The van der Waals surface area contributed by atoms with E-state index in [0.717, 1.165) is 11.3 Å². The van der Waals surface area contributed by atoms with Crippen molar-refractivity contribution in [2.45, 2.75) is 6.42 Å². The smallest absolute Gasteiger partial charge is 0.315 e. The van der Waals surface area contributed by atoms with Crippen LogP contribution in [0.3, 0.4) is 0 Å². The summed E-state index contributed by atoms with van der Waals surface area (Å²) in [5.74, 6) is 1.01. The molecule has 6 heteroatoms. The van der Waals surface area contributed by atoms with E-state index in [0.29, 0.717) is 17.2 Å². The van der Waals surface area contributed by atoms with E-state index in [9.17, 15) is 9.59 Å². The average Bonchev–Trinajstić information content (AvgIpc) is 2.55. The van der Waals surface area contributed by atoms with Crippen LogP contribution in [-0.2, 0) is 16.0 Å². The molecule has 23 heavy (non-hydrogen) atoms. The molecule has 0 radical (unpaired) electrons. The summed E-state index contributed by atoms with van der Waals surface area (Å²) in [6.07, 6.45) is 0.151. The SMILES string of the molecule is COc1ccc(CC(=O)Oc2ccc3c(c2)OCC(=O)N3)cc1. The number of carbonyl (C=O) groups is 2. The first-order valence-corrected chi connectivity index (χ1v) is 7.04. The summed E-state index contributed by atoms with van der Waals surface area (Å²) >= 11 is 0. The van der Waals surface area contributed by atoms with Crippen LogP contribution in [0.15, 0.2) is 42.5 Å². The molecule has 1 aliphatic rings. The molecule has 1 N–H and O–H groups in total. The molecule has 0 aliphatic carbocycles. The molecule has 0 fully saturated rings. The molecular weight excluding hydrogens is 298 g/mol. The highest BCUT2D eigenvalue weighted by Gasteiger charge is 2.17. The van der Waals surface area contributed by atoms with Gasteiger partial charge >= 0.3 is 5.97 Å². The molecule has 1 heterocycles. The molecular formula is C17H15NO5. The molecule has 0 atom stereocenters. The van der Waals surface area contributed by atoms with Crippen molar-refractivity contribution >= 4 is 17.6 Å². The molecule has 118 valence electrons. The Morgan fingerprint density at radius 1 is 1.17 bits per heavy atom. The minimum Gasteiger partial charge on any atom is -0.497 e. The van der Waals surface area contributed by atoms with Crippen molar-refractivity contribution in [2.24, 2.45) is 0 Å². The predicted octanol–water partition coefficient (Wildman–Crippen LogP) is 2.17. The van der Waals surface area contributed by atoms with E-state index in [1.54, 1.807) is 37.4 Å². The van der Waals surface area contributed by atoms with Gasteiger partial charge in [-0.2, -0.15) is 0 Å². The maximum atomic E-state index is 12.0. The van der Waals surface area contributed by atoms with Crippen molar-refractivity contribution < 1.29 is 23.8 Å². The van der Waals surface area contributed by atoms with E-state index in [1.165, 1.54) is 0 Å². The molecule has 0 spiro atoms. The maximum Gasteiger partial charge on any atom is 0.315 e. The summed E-state index contributed by atoms with van der Waals surface area (Å²) in [4.78, 5) is 23.2. The number of ether oxygens (including phenoxy) is 3. The quantitative estimate of drug-likeness (QED) is 0.692. The van der Waals surface area contributed by atoms with Gasteiger partial charge in [0.1, 0.15) is 17.2 Å². The van der Waals surface area contributed by atoms with Gasteiger partial charge in [0, 0.05) is 6.07 Å². The fourth-order valence-corrected chi connectivity index (χ4v) is 2.20. The lowest BCUT2D eigenvalue weighted by atomic mass is 10.1. The standard InChI is InChI=1S/C17H15NO5/c1-21-12-4-2-11(3-5-12)8-17(20)23-13-6-7-14-15(9-13)22-10-16(19)18-14/h2-7,9H,8,10H2,1H3,(H,18,19). The molecule has 0 saturated heterocycles. The topological polar surface area (TPSA) is 73.9 Å². The molecule has 0 aromatic heterocycles. The summed E-state index contributed by atoms with van der Waals surface area (Å²) in [7, 11) is 1.59. The molecule has 2 aromatic carbocycles. The minimum atomic E-state index is -0.380. The molecule has 3 rings (SSSR count). The second-order valence-corrected chi connectivity index (χ2v) is 4.99. The second-order valence-electron chi connectivity index (χ2n) is 4.99. The van der Waals surface area contributed by atoms with Crippen LogP contribution in [0.5, 0.6) is 17.2 Å². The average molecular weight is 313 g/mol. The normalized spacial score (nSPS) is 12.7. The fourth-order valence-electron chi connectivity index (χ4n) is 2.20. The van der Waals surface area contributed by atoms with E-state index < -0.39 is 0 Å². The van der Waals surface area contributed by atoms with E-state index in [2.05, 4.69) is 5.32 Å². The van der Waals surface area contributed by atoms with Crippen molar-refractivity contribution in [3.05, 3.63) is 48.0 Å². The molecule has 0 saturated carbocycles. The number of anilines is 1. The van der Waals surface area contributed by atoms with Crippen molar-refractivity contribution in [1.29, 1.82) is 0 Å². The van der Waals surface area contributed by atoms with Gasteiger partial charge in [-0.3, -0.25) is 9.59 Å². The number of esters is 1. The zero-order chi connectivity index (χ0) is 16.2. The largest absolute Gasteiger partial charge is 0.497 e. The minimum absolute atomic E-state index is 0.0454. The van der Waals surface area contributed by atoms with Crippen LogP contribution in [0.2, 0.25) is 0 Å². The summed E-state index contributed by atoms with van der Waals surface area (Å²) in [5.41, 5.74) is 1.40. The lowest BCUT2D eigenvalue weighted by Crippen LogP contribution is -2.25. The van der Waals surface area contributed by atoms with E-state index in [1.807, 2.05) is 12.1 Å². The van der Waals surface area contributed by atoms with Crippen LogP contribution >= 0.6 is 0 Å². The fraction of sp³-hybridized carbons (Fsp3) is 0.176. The Morgan fingerprint density at radius 2 is 1.91 bits per heavy atom. The van der Waals surface area contributed by atoms with Crippen molar-refractivity contribution in [1.82, 2.24) is 0 Å². The maximum absolute atomic E-state index is 12.0. The second kappa shape index (κ2) is 6.39. The third-order valence-electron chi connectivity index (χ3n) is 3.33. The van der Waals surface area contributed by atoms with Gasteiger partial charge in [-0.25, -0.2) is 0 Å². The van der Waals surface area contributed by atoms with Crippen LogP contribution in [0, 0.1) is 0 Å². The highest BCUT2D eigenvalue weighted by Crippen LogP contribution is 2.31. The van der Waals surface area contributed by atoms with Crippen LogP contribution < -0.4 is 19.5 Å². The molecule has 0 bridgehead atoms. The number of amides is 1. The van der Waals surface area contributed by atoms with Gasteiger partial charge in [0.25, 0.3) is 5.91 Å². The summed E-state index contributed by atoms with van der Waals surface area (Å²) in [5, 5.41) is 2.67. The summed E-state index contributed by atoms with van der Waals surface area (Å²) in [6.45, 7) is -0.0454. The van der Waals surface area contributed by atoms with Gasteiger partial charge in [0.2, 0.25) is 0 Å². The van der Waals surface area contributed by atoms with Crippen molar-refractivity contribution in [3.63, 3.8) is 0 Å². The van der Waals surface area contributed by atoms with Crippen LogP contribution in [0.25, 0.3) is 0 Å². The monoisotopic (exact) mass is 313 g/mol. The van der Waals surface area contributed by atoms with E-state index in [4.69, 9.17) is 14.2 Å². The Morgan fingerprint density at radius 3 is 2.65 bits per heavy atom. The lowest BCUT2D eigenvalue weighted by molar-refractivity contribution is -0.133. The third-order valence-corrected chi connectivity index (χ3v) is 3.33. The number of nitrogens with one attached hydrogen (secondary N) is 1. The number of rotatable bonds is 4. The van der Waals surface area contributed by atoms with Gasteiger partial charge in [-0.15, -0.1) is 0 Å². The number of fused-ring (bicyclic) bond motifs is 1. The Labute approximate surface area is 133 Å². The Bertz CT molecular complexity index is 739. The zero-order valence-electron chi connectivity index (χ0n) is 12.5. The Kier molecular flexibility index (Phi) is 4.14. The van der Waals surface area contributed by atoms with E-state index in [-0.39, 0.29) is 24.9 Å². The molecule has 0 unspecified atom stereocenters. The number of carbonyl (C=O) groups excluding carboxylic acids is 2. The Hall–Kier alpha value is -3.02. The number of benzene rings is 2. The lowest BCUT2D eigenvalue weighted by Gasteiger charge is -2.18. The van der Waals surface area contributed by atoms with Crippen LogP contribution in [0.1, 0.15) is 5.56 Å². The summed E-state index contributed by atoms with van der Waals surface area (Å²) < 4.78 is 15.7.